The number of benzene rings is 1. The summed E-state index contributed by atoms with van der Waals surface area (Å²) in [6.07, 6.45) is 8.80. The van der Waals surface area contributed by atoms with Crippen molar-refractivity contribution in [2.45, 2.75) is 71.0 Å². The van der Waals surface area contributed by atoms with E-state index in [9.17, 15) is 13.5 Å². The van der Waals surface area contributed by atoms with E-state index in [0.717, 1.165) is 60.6 Å². The van der Waals surface area contributed by atoms with E-state index in [4.69, 9.17) is 9.72 Å². The van der Waals surface area contributed by atoms with Gasteiger partial charge in [0.2, 0.25) is 16.0 Å². The van der Waals surface area contributed by atoms with Gasteiger partial charge >= 0.3 is 0 Å². The van der Waals surface area contributed by atoms with E-state index in [1.807, 2.05) is 18.5 Å². The smallest absolute Gasteiger partial charge is 0.274 e. The number of hydrogen-bond acceptors (Lipinski definition) is 10. The van der Waals surface area contributed by atoms with Crippen LogP contribution in [0.5, 0.6) is 5.19 Å². The van der Waals surface area contributed by atoms with Gasteiger partial charge in [-0.2, -0.15) is 4.31 Å². The Balaban J connectivity index is 1.12. The second-order valence-electron chi connectivity index (χ2n) is 11.7. The predicted octanol–water partition coefficient (Wildman–Crippen LogP) is 4.09. The lowest BCUT2D eigenvalue weighted by Gasteiger charge is -2.35. The summed E-state index contributed by atoms with van der Waals surface area (Å²) in [5, 5.41) is 10.6. The highest BCUT2D eigenvalue weighted by Crippen LogP contribution is 2.33. The van der Waals surface area contributed by atoms with Gasteiger partial charge in [0.25, 0.3) is 5.19 Å². The fourth-order valence-corrected chi connectivity index (χ4v) is 7.83. The highest BCUT2D eigenvalue weighted by molar-refractivity contribution is 7.89. The Morgan fingerprint density at radius 2 is 1.76 bits per heavy atom. The van der Waals surface area contributed by atoms with Crippen LogP contribution in [0.1, 0.15) is 58.4 Å². The Morgan fingerprint density at radius 3 is 2.41 bits per heavy atom. The number of fused-ring (bicyclic) bond motifs is 1. The Labute approximate surface area is 247 Å². The van der Waals surface area contributed by atoms with Crippen molar-refractivity contribution in [2.75, 3.05) is 54.8 Å². The van der Waals surface area contributed by atoms with Crippen LogP contribution in [-0.2, 0) is 16.4 Å². The van der Waals surface area contributed by atoms with Gasteiger partial charge in [-0.25, -0.2) is 23.4 Å². The van der Waals surface area contributed by atoms with E-state index in [-0.39, 0.29) is 11.9 Å². The number of aliphatic hydroxyl groups is 1. The first-order chi connectivity index (χ1) is 19.6. The van der Waals surface area contributed by atoms with Crippen molar-refractivity contribution in [3.05, 3.63) is 36.2 Å². The molecule has 2 fully saturated rings. The number of rotatable bonds is 11. The van der Waals surface area contributed by atoms with Crippen LogP contribution in [0.4, 0.5) is 11.6 Å². The van der Waals surface area contributed by atoms with Crippen LogP contribution in [0.25, 0.3) is 10.2 Å². The minimum absolute atomic E-state index is 0.0749. The number of nitrogens with zero attached hydrogens (tertiary/aromatic N) is 6. The molecule has 0 radical (unpaired) electrons. The first-order valence-electron chi connectivity index (χ1n) is 14.7. The van der Waals surface area contributed by atoms with Gasteiger partial charge in [-0.3, -0.25) is 0 Å². The summed E-state index contributed by atoms with van der Waals surface area (Å²) >= 11 is 1.56. The van der Waals surface area contributed by atoms with Crippen molar-refractivity contribution >= 4 is 43.2 Å². The van der Waals surface area contributed by atoms with Crippen LogP contribution in [-0.4, -0.2) is 89.5 Å². The van der Waals surface area contributed by atoms with E-state index in [1.54, 1.807) is 29.5 Å². The SMILES string of the molecule is CCCc1cnc(N2CCC(Oc3nc4ccc(N5CCN(S(=O)(=O)CCCC(C)(C)O)CC5)cc4s3)CC2)nc1. The summed E-state index contributed by atoms with van der Waals surface area (Å²) in [6, 6.07) is 6.22. The quantitative estimate of drug-likeness (QED) is 0.347. The van der Waals surface area contributed by atoms with E-state index >= 15 is 0 Å². The molecule has 0 atom stereocenters. The number of hydrogen-bond donors (Lipinski definition) is 1. The molecule has 2 saturated heterocycles. The van der Waals surface area contributed by atoms with Crippen molar-refractivity contribution in [1.82, 2.24) is 19.3 Å². The van der Waals surface area contributed by atoms with E-state index in [0.29, 0.717) is 44.2 Å². The maximum absolute atomic E-state index is 12.8. The Bertz CT molecular complexity index is 1390. The summed E-state index contributed by atoms with van der Waals surface area (Å²) in [4.78, 5) is 18.3. The van der Waals surface area contributed by atoms with Gasteiger partial charge in [-0.1, -0.05) is 24.7 Å². The first-order valence-corrected chi connectivity index (χ1v) is 17.1. The van der Waals surface area contributed by atoms with Crippen molar-refractivity contribution in [3.63, 3.8) is 0 Å². The zero-order valence-corrected chi connectivity index (χ0v) is 26.0. The van der Waals surface area contributed by atoms with Gasteiger partial charge < -0.3 is 19.6 Å². The lowest BCUT2D eigenvalue weighted by Crippen LogP contribution is -2.49. The highest BCUT2D eigenvalue weighted by Gasteiger charge is 2.28. The molecule has 2 aliphatic rings. The van der Waals surface area contributed by atoms with Crippen LogP contribution in [0.2, 0.25) is 0 Å². The predicted molar refractivity (Wildman–Crippen MR) is 165 cm³/mol. The third-order valence-electron chi connectivity index (χ3n) is 7.76. The maximum Gasteiger partial charge on any atom is 0.274 e. The lowest BCUT2D eigenvalue weighted by atomic mass is 10.0. The van der Waals surface area contributed by atoms with Gasteiger partial charge in [0, 0.05) is 70.2 Å². The van der Waals surface area contributed by atoms with Crippen molar-refractivity contribution < 1.29 is 18.3 Å². The number of thiazole rings is 1. The van der Waals surface area contributed by atoms with E-state index in [2.05, 4.69) is 38.8 Å². The molecule has 1 aromatic carbocycles. The molecule has 5 rings (SSSR count). The molecule has 3 aromatic rings. The average Bonchev–Trinajstić information content (AvgIpc) is 3.35. The topological polar surface area (TPSA) is 112 Å². The minimum atomic E-state index is -3.32. The summed E-state index contributed by atoms with van der Waals surface area (Å²) in [6.45, 7) is 9.50. The lowest BCUT2D eigenvalue weighted by molar-refractivity contribution is 0.0704. The fourth-order valence-electron chi connectivity index (χ4n) is 5.43. The number of aromatic nitrogens is 3. The number of piperazine rings is 1. The maximum atomic E-state index is 12.8. The van der Waals surface area contributed by atoms with Crippen LogP contribution < -0.4 is 14.5 Å². The summed E-state index contributed by atoms with van der Waals surface area (Å²) < 4.78 is 34.5. The fraction of sp³-hybridized carbons (Fsp3) is 0.621. The molecule has 0 aliphatic carbocycles. The van der Waals surface area contributed by atoms with Crippen LogP contribution in [0, 0.1) is 0 Å². The third-order valence-corrected chi connectivity index (χ3v) is 10.6. The van der Waals surface area contributed by atoms with E-state index in [1.165, 1.54) is 5.56 Å². The van der Waals surface area contributed by atoms with Crippen LogP contribution >= 0.6 is 11.3 Å². The molecule has 1 N–H and O–H groups in total. The standard InChI is InChI=1S/C29H42N6O4S2/c1-4-6-22-20-30-27(31-21-22)34-12-9-24(10-13-34)39-28-32-25-8-7-23(19-26(25)40-28)33-14-16-35(17-15-33)41(37,38)18-5-11-29(2,3)36/h7-8,19-21,24,36H,4-6,9-18H2,1-3H3. The van der Waals surface area contributed by atoms with Gasteiger partial charge in [-0.15, -0.1) is 0 Å². The average molecular weight is 603 g/mol. The molecule has 0 bridgehead atoms. The minimum Gasteiger partial charge on any atom is -0.467 e. The summed E-state index contributed by atoms with van der Waals surface area (Å²) in [5.74, 6) is 0.867. The zero-order chi connectivity index (χ0) is 29.0. The summed E-state index contributed by atoms with van der Waals surface area (Å²) in [5.41, 5.74) is 2.32. The van der Waals surface area contributed by atoms with E-state index < -0.39 is 15.6 Å². The van der Waals surface area contributed by atoms with Gasteiger partial charge in [0.1, 0.15) is 6.10 Å². The Kier molecular flexibility index (Phi) is 9.32. The first kappa shape index (κ1) is 29.9. The zero-order valence-electron chi connectivity index (χ0n) is 24.3. The van der Waals surface area contributed by atoms with Crippen molar-refractivity contribution in [1.29, 1.82) is 0 Å². The molecule has 12 heteroatoms. The Morgan fingerprint density at radius 1 is 1.05 bits per heavy atom. The molecular weight excluding hydrogens is 560 g/mol. The van der Waals surface area contributed by atoms with Crippen molar-refractivity contribution in [3.8, 4) is 5.19 Å². The molecule has 0 saturated carbocycles. The number of ether oxygens (including phenoxy) is 1. The van der Waals surface area contributed by atoms with Crippen molar-refractivity contribution in [2.24, 2.45) is 0 Å². The molecule has 224 valence electrons. The monoisotopic (exact) mass is 602 g/mol. The number of aryl methyl sites for hydroxylation is 1. The molecule has 10 nitrogen and oxygen atoms in total. The molecule has 0 amide bonds. The number of piperidine rings is 1. The van der Waals surface area contributed by atoms with Crippen LogP contribution in [0.3, 0.4) is 0 Å². The normalized spacial score (nSPS) is 17.9. The molecule has 41 heavy (non-hydrogen) atoms. The molecule has 2 aliphatic heterocycles. The second-order valence-corrected chi connectivity index (χ2v) is 14.8. The highest BCUT2D eigenvalue weighted by atomic mass is 32.2. The Hall–Kier alpha value is -2.54. The molecule has 0 unspecified atom stereocenters. The molecular formula is C29H42N6O4S2. The van der Waals surface area contributed by atoms with Crippen LogP contribution in [0.15, 0.2) is 30.6 Å². The number of anilines is 2. The third kappa shape index (κ3) is 7.85. The number of sulfonamides is 1. The molecule has 2 aromatic heterocycles. The molecule has 0 spiro atoms. The second kappa shape index (κ2) is 12.8. The summed E-state index contributed by atoms with van der Waals surface area (Å²) in [7, 11) is -3.32. The van der Waals surface area contributed by atoms with Gasteiger partial charge in [0.15, 0.2) is 0 Å². The van der Waals surface area contributed by atoms with Gasteiger partial charge in [0.05, 0.1) is 21.6 Å². The molecule has 4 heterocycles. The largest absolute Gasteiger partial charge is 0.467 e. The van der Waals surface area contributed by atoms with Gasteiger partial charge in [-0.05, 0) is 56.9 Å².